The van der Waals surface area contributed by atoms with E-state index in [1.165, 1.54) is 0 Å². The molecular weight excluding hydrogens is 334 g/mol. The lowest BCUT2D eigenvalue weighted by atomic mass is 10.1. The molecule has 3 rings (SSSR count). The third kappa shape index (κ3) is 4.53. The number of amides is 1. The summed E-state index contributed by atoms with van der Waals surface area (Å²) in [6.45, 7) is 9.67. The molecule has 0 unspecified atom stereocenters. The van der Waals surface area contributed by atoms with Crippen molar-refractivity contribution in [1.29, 1.82) is 0 Å². The zero-order valence-electron chi connectivity index (χ0n) is 15.9. The molecular formula is C23H25N3O. The van der Waals surface area contributed by atoms with Crippen molar-refractivity contribution in [2.45, 2.75) is 20.4 Å². The van der Waals surface area contributed by atoms with E-state index in [9.17, 15) is 4.79 Å². The molecule has 0 radical (unpaired) electrons. The first-order chi connectivity index (χ1) is 13.1. The fraction of sp³-hybridized carbons (Fsp3) is 0.217. The maximum atomic E-state index is 13.2. The van der Waals surface area contributed by atoms with Crippen LogP contribution in [0.5, 0.6) is 0 Å². The smallest absolute Gasteiger partial charge is 0.257 e. The van der Waals surface area contributed by atoms with Crippen LogP contribution in [0.2, 0.25) is 0 Å². The lowest BCUT2D eigenvalue weighted by Gasteiger charge is -2.20. The summed E-state index contributed by atoms with van der Waals surface area (Å²) in [5.74, 6) is -0.0151. The van der Waals surface area contributed by atoms with Gasteiger partial charge in [-0.1, -0.05) is 72.8 Å². The van der Waals surface area contributed by atoms with E-state index in [-0.39, 0.29) is 5.91 Å². The van der Waals surface area contributed by atoms with Crippen molar-refractivity contribution < 1.29 is 4.79 Å². The number of hydrogen-bond acceptors (Lipinski definition) is 2. The monoisotopic (exact) mass is 359 g/mol. The van der Waals surface area contributed by atoms with E-state index in [0.29, 0.717) is 25.2 Å². The number of hydrogen-bond donors (Lipinski definition) is 0. The molecule has 0 bridgehead atoms. The van der Waals surface area contributed by atoms with Gasteiger partial charge in [-0.2, -0.15) is 5.10 Å². The molecule has 27 heavy (non-hydrogen) atoms. The summed E-state index contributed by atoms with van der Waals surface area (Å²) in [6.07, 6.45) is 1.86. The number of rotatable bonds is 7. The lowest BCUT2D eigenvalue weighted by Crippen LogP contribution is -2.32. The van der Waals surface area contributed by atoms with Crippen LogP contribution < -0.4 is 0 Å². The Morgan fingerprint density at radius 2 is 1.70 bits per heavy atom. The van der Waals surface area contributed by atoms with E-state index in [1.807, 2.05) is 73.3 Å². The van der Waals surface area contributed by atoms with Gasteiger partial charge in [0.05, 0.1) is 12.1 Å². The first-order valence-electron chi connectivity index (χ1n) is 9.19. The van der Waals surface area contributed by atoms with Crippen molar-refractivity contribution in [3.63, 3.8) is 0 Å². The van der Waals surface area contributed by atoms with Gasteiger partial charge >= 0.3 is 0 Å². The highest BCUT2D eigenvalue weighted by Crippen LogP contribution is 2.24. The molecule has 0 aliphatic heterocycles. The van der Waals surface area contributed by atoms with Crippen molar-refractivity contribution in [3.05, 3.63) is 90.1 Å². The Balaban J connectivity index is 2.00. The van der Waals surface area contributed by atoms with Crippen molar-refractivity contribution in [1.82, 2.24) is 14.7 Å². The minimum absolute atomic E-state index is 0.0151. The SMILES string of the molecule is C=C(C)CN(CC)C(=O)c1cn(Cc2ccccc2)nc1-c1ccccc1. The van der Waals surface area contributed by atoms with Crippen LogP contribution in [0.15, 0.2) is 79.0 Å². The Morgan fingerprint density at radius 1 is 1.07 bits per heavy atom. The molecule has 0 spiro atoms. The average Bonchev–Trinajstić information content (AvgIpc) is 3.10. The van der Waals surface area contributed by atoms with Gasteiger partial charge in [0.1, 0.15) is 5.69 Å². The van der Waals surface area contributed by atoms with Crippen molar-refractivity contribution in [2.24, 2.45) is 0 Å². The molecule has 2 aromatic carbocycles. The maximum absolute atomic E-state index is 13.2. The summed E-state index contributed by atoms with van der Waals surface area (Å²) in [7, 11) is 0. The molecule has 0 saturated heterocycles. The third-order valence-corrected chi connectivity index (χ3v) is 4.36. The molecule has 4 nitrogen and oxygen atoms in total. The fourth-order valence-electron chi connectivity index (χ4n) is 3.06. The molecule has 3 aromatic rings. The fourth-order valence-corrected chi connectivity index (χ4v) is 3.06. The first kappa shape index (κ1) is 18.6. The van der Waals surface area contributed by atoms with Gasteiger partial charge in [-0.3, -0.25) is 9.48 Å². The lowest BCUT2D eigenvalue weighted by molar-refractivity contribution is 0.0779. The van der Waals surface area contributed by atoms with Gasteiger partial charge in [0.2, 0.25) is 0 Å². The van der Waals surface area contributed by atoms with Gasteiger partial charge in [0.15, 0.2) is 0 Å². The summed E-state index contributed by atoms with van der Waals surface area (Å²) in [4.78, 5) is 15.0. The van der Waals surface area contributed by atoms with Crippen molar-refractivity contribution in [3.8, 4) is 11.3 Å². The molecule has 0 saturated carbocycles. The zero-order chi connectivity index (χ0) is 19.2. The zero-order valence-corrected chi connectivity index (χ0v) is 15.9. The Morgan fingerprint density at radius 3 is 2.30 bits per heavy atom. The Hall–Kier alpha value is -3.14. The topological polar surface area (TPSA) is 38.1 Å². The number of benzene rings is 2. The summed E-state index contributed by atoms with van der Waals surface area (Å²) in [6, 6.07) is 20.0. The standard InChI is InChI=1S/C23H25N3O/c1-4-25(15-18(2)3)23(27)21-17-26(16-19-11-7-5-8-12-19)24-22(21)20-13-9-6-10-14-20/h5-14,17H,2,4,15-16H2,1,3H3. The van der Waals surface area contributed by atoms with E-state index >= 15 is 0 Å². The van der Waals surface area contributed by atoms with Gasteiger partial charge < -0.3 is 4.90 Å². The predicted molar refractivity (Wildman–Crippen MR) is 110 cm³/mol. The second-order valence-corrected chi connectivity index (χ2v) is 6.72. The molecule has 1 aromatic heterocycles. The second kappa shape index (κ2) is 8.49. The number of likely N-dealkylation sites (N-methyl/N-ethyl adjacent to an activating group) is 1. The maximum Gasteiger partial charge on any atom is 0.257 e. The Labute approximate surface area is 160 Å². The normalized spacial score (nSPS) is 10.6. The molecule has 4 heteroatoms. The highest BCUT2D eigenvalue weighted by Gasteiger charge is 2.22. The number of aromatic nitrogens is 2. The molecule has 0 fully saturated rings. The number of carbonyl (C=O) groups excluding carboxylic acids is 1. The molecule has 1 heterocycles. The third-order valence-electron chi connectivity index (χ3n) is 4.36. The minimum Gasteiger partial charge on any atom is -0.335 e. The van der Waals surface area contributed by atoms with Crippen LogP contribution in [0.3, 0.4) is 0 Å². The van der Waals surface area contributed by atoms with E-state index in [2.05, 4.69) is 18.7 Å². The van der Waals surface area contributed by atoms with E-state index < -0.39 is 0 Å². The number of nitrogens with zero attached hydrogens (tertiary/aromatic N) is 3. The van der Waals surface area contributed by atoms with Crippen LogP contribution >= 0.6 is 0 Å². The average molecular weight is 359 g/mol. The van der Waals surface area contributed by atoms with Crippen LogP contribution in [0.4, 0.5) is 0 Å². The molecule has 0 N–H and O–H groups in total. The van der Waals surface area contributed by atoms with Crippen molar-refractivity contribution in [2.75, 3.05) is 13.1 Å². The highest BCUT2D eigenvalue weighted by molar-refractivity contribution is 5.99. The Bertz CT molecular complexity index is 913. The highest BCUT2D eigenvalue weighted by atomic mass is 16.2. The van der Waals surface area contributed by atoms with Crippen LogP contribution in [0.25, 0.3) is 11.3 Å². The summed E-state index contributed by atoms with van der Waals surface area (Å²) >= 11 is 0. The second-order valence-electron chi connectivity index (χ2n) is 6.72. The van der Waals surface area contributed by atoms with Gasteiger partial charge in [0, 0.05) is 24.8 Å². The molecule has 138 valence electrons. The van der Waals surface area contributed by atoms with Crippen molar-refractivity contribution >= 4 is 5.91 Å². The predicted octanol–water partition coefficient (Wildman–Crippen LogP) is 4.64. The molecule has 0 atom stereocenters. The van der Waals surface area contributed by atoms with Crippen LogP contribution in [0.1, 0.15) is 29.8 Å². The minimum atomic E-state index is -0.0151. The van der Waals surface area contributed by atoms with Gasteiger partial charge in [-0.25, -0.2) is 0 Å². The largest absolute Gasteiger partial charge is 0.335 e. The summed E-state index contributed by atoms with van der Waals surface area (Å²) in [5.41, 5.74) is 4.40. The van der Waals surface area contributed by atoms with E-state index in [4.69, 9.17) is 5.10 Å². The van der Waals surface area contributed by atoms with Gasteiger partial charge in [-0.15, -0.1) is 0 Å². The quantitative estimate of drug-likeness (QED) is 0.577. The molecule has 0 aliphatic rings. The summed E-state index contributed by atoms with van der Waals surface area (Å²) < 4.78 is 1.85. The van der Waals surface area contributed by atoms with Gasteiger partial charge in [-0.05, 0) is 19.4 Å². The van der Waals surface area contributed by atoms with E-state index in [0.717, 1.165) is 22.4 Å². The molecule has 0 aliphatic carbocycles. The van der Waals surface area contributed by atoms with Crippen LogP contribution in [-0.4, -0.2) is 33.7 Å². The van der Waals surface area contributed by atoms with Crippen LogP contribution in [0, 0.1) is 0 Å². The molecule has 1 amide bonds. The van der Waals surface area contributed by atoms with Crippen LogP contribution in [-0.2, 0) is 6.54 Å². The van der Waals surface area contributed by atoms with E-state index in [1.54, 1.807) is 4.90 Å². The van der Waals surface area contributed by atoms with Gasteiger partial charge in [0.25, 0.3) is 5.91 Å². The first-order valence-corrected chi connectivity index (χ1v) is 9.19. The Kier molecular flexibility index (Phi) is 5.87. The summed E-state index contributed by atoms with van der Waals surface area (Å²) in [5, 5.41) is 4.74. The number of carbonyl (C=O) groups is 1.